The minimum atomic E-state index is -0.363. The SMILES string of the molecule is O=C(NNc1ccccc1)c1ccc(F)cc1. The topological polar surface area (TPSA) is 41.1 Å². The summed E-state index contributed by atoms with van der Waals surface area (Å²) in [4.78, 5) is 11.6. The molecule has 0 atom stereocenters. The number of hydrogen-bond acceptors (Lipinski definition) is 2. The number of carbonyl (C=O) groups excluding carboxylic acids is 1. The van der Waals surface area contributed by atoms with E-state index in [0.717, 1.165) is 5.69 Å². The maximum atomic E-state index is 12.7. The van der Waals surface area contributed by atoms with Gasteiger partial charge in [0.05, 0.1) is 5.69 Å². The first-order valence-electron chi connectivity index (χ1n) is 5.13. The third-order valence-corrected chi connectivity index (χ3v) is 2.20. The summed E-state index contributed by atoms with van der Waals surface area (Å²) in [5, 5.41) is 0. The number of halogens is 1. The molecule has 2 N–H and O–H groups in total. The number of amides is 1. The van der Waals surface area contributed by atoms with Crippen LogP contribution in [0.4, 0.5) is 10.1 Å². The largest absolute Gasteiger partial charge is 0.298 e. The van der Waals surface area contributed by atoms with Crippen molar-refractivity contribution in [2.45, 2.75) is 0 Å². The molecule has 17 heavy (non-hydrogen) atoms. The third-order valence-electron chi connectivity index (χ3n) is 2.20. The highest BCUT2D eigenvalue weighted by molar-refractivity contribution is 5.94. The van der Waals surface area contributed by atoms with Crippen LogP contribution >= 0.6 is 0 Å². The molecule has 0 aliphatic rings. The van der Waals surface area contributed by atoms with Crippen LogP contribution in [0.25, 0.3) is 0 Å². The van der Waals surface area contributed by atoms with Gasteiger partial charge in [0, 0.05) is 5.56 Å². The Kier molecular flexibility index (Phi) is 3.35. The molecular formula is C13H11FN2O. The molecule has 2 aromatic carbocycles. The predicted molar refractivity (Wildman–Crippen MR) is 63.9 cm³/mol. The minimum absolute atomic E-state index is 0.311. The molecular weight excluding hydrogens is 219 g/mol. The lowest BCUT2D eigenvalue weighted by atomic mass is 10.2. The van der Waals surface area contributed by atoms with E-state index in [1.165, 1.54) is 24.3 Å². The molecule has 0 saturated carbocycles. The molecule has 0 heterocycles. The maximum absolute atomic E-state index is 12.7. The van der Waals surface area contributed by atoms with E-state index in [0.29, 0.717) is 5.56 Å². The lowest BCUT2D eigenvalue weighted by molar-refractivity contribution is 0.0962. The van der Waals surface area contributed by atoms with E-state index >= 15 is 0 Å². The Labute approximate surface area is 98.3 Å². The van der Waals surface area contributed by atoms with Crippen molar-refractivity contribution in [3.05, 3.63) is 66.0 Å². The van der Waals surface area contributed by atoms with Gasteiger partial charge in [0.25, 0.3) is 5.91 Å². The second-order valence-corrected chi connectivity index (χ2v) is 3.45. The summed E-state index contributed by atoms with van der Waals surface area (Å²) in [5.74, 6) is -0.675. The molecule has 4 heteroatoms. The second kappa shape index (κ2) is 5.12. The van der Waals surface area contributed by atoms with Gasteiger partial charge >= 0.3 is 0 Å². The molecule has 2 aromatic rings. The van der Waals surface area contributed by atoms with Gasteiger partial charge in [-0.1, -0.05) is 18.2 Å². The van der Waals surface area contributed by atoms with E-state index in [1.807, 2.05) is 30.3 Å². The molecule has 1 amide bonds. The standard InChI is InChI=1S/C13H11FN2O/c14-11-8-6-10(7-9-11)13(17)16-15-12-4-2-1-3-5-12/h1-9,15H,(H,16,17). The predicted octanol–water partition coefficient (Wildman–Crippen LogP) is 2.58. The Bertz CT molecular complexity index is 497. The third kappa shape index (κ3) is 3.04. The van der Waals surface area contributed by atoms with Crippen molar-refractivity contribution in [1.82, 2.24) is 5.43 Å². The van der Waals surface area contributed by atoms with Gasteiger partial charge in [-0.15, -0.1) is 0 Å². The first-order chi connectivity index (χ1) is 8.25. The van der Waals surface area contributed by atoms with E-state index in [1.54, 1.807) is 0 Å². The van der Waals surface area contributed by atoms with Crippen molar-refractivity contribution in [1.29, 1.82) is 0 Å². The lowest BCUT2D eigenvalue weighted by Crippen LogP contribution is -2.29. The lowest BCUT2D eigenvalue weighted by Gasteiger charge is -2.07. The van der Waals surface area contributed by atoms with Gasteiger partial charge < -0.3 is 0 Å². The van der Waals surface area contributed by atoms with Crippen LogP contribution in [-0.2, 0) is 0 Å². The number of nitrogens with one attached hydrogen (secondary N) is 2. The zero-order valence-corrected chi connectivity index (χ0v) is 8.98. The summed E-state index contributed by atoms with van der Waals surface area (Å²) in [6, 6.07) is 14.6. The van der Waals surface area contributed by atoms with Crippen molar-refractivity contribution in [2.24, 2.45) is 0 Å². The van der Waals surface area contributed by atoms with Crippen molar-refractivity contribution < 1.29 is 9.18 Å². The highest BCUT2D eigenvalue weighted by Gasteiger charge is 2.04. The van der Waals surface area contributed by atoms with Gasteiger partial charge in [0.2, 0.25) is 0 Å². The van der Waals surface area contributed by atoms with Gasteiger partial charge in [-0.25, -0.2) is 4.39 Å². The number of hydrogen-bond donors (Lipinski definition) is 2. The highest BCUT2D eigenvalue weighted by Crippen LogP contribution is 2.05. The molecule has 0 saturated heterocycles. The molecule has 0 aromatic heterocycles. The Balaban J connectivity index is 1.96. The quantitative estimate of drug-likeness (QED) is 0.796. The van der Waals surface area contributed by atoms with Crippen LogP contribution in [0.3, 0.4) is 0 Å². The van der Waals surface area contributed by atoms with E-state index in [2.05, 4.69) is 10.9 Å². The summed E-state index contributed by atoms with van der Waals surface area (Å²) < 4.78 is 12.7. The first-order valence-corrected chi connectivity index (χ1v) is 5.13. The summed E-state index contributed by atoms with van der Waals surface area (Å²) in [6.45, 7) is 0. The van der Waals surface area contributed by atoms with Crippen LogP contribution in [0.5, 0.6) is 0 Å². The second-order valence-electron chi connectivity index (χ2n) is 3.45. The summed E-state index contributed by atoms with van der Waals surface area (Å²) in [6.07, 6.45) is 0. The normalized spacial score (nSPS) is 9.71. The Hall–Kier alpha value is -2.36. The maximum Gasteiger partial charge on any atom is 0.269 e. The number of anilines is 1. The summed E-state index contributed by atoms with van der Waals surface area (Å²) in [5.41, 5.74) is 6.47. The average Bonchev–Trinajstić information content (AvgIpc) is 2.38. The van der Waals surface area contributed by atoms with Crippen molar-refractivity contribution in [3.8, 4) is 0 Å². The molecule has 0 spiro atoms. The smallest absolute Gasteiger partial charge is 0.269 e. The van der Waals surface area contributed by atoms with E-state index in [4.69, 9.17) is 0 Å². The molecule has 2 rings (SSSR count). The highest BCUT2D eigenvalue weighted by atomic mass is 19.1. The zero-order chi connectivity index (χ0) is 12.1. The van der Waals surface area contributed by atoms with E-state index < -0.39 is 0 Å². The van der Waals surface area contributed by atoms with Gasteiger partial charge in [-0.2, -0.15) is 0 Å². The molecule has 0 bridgehead atoms. The van der Waals surface area contributed by atoms with Crippen LogP contribution in [0.2, 0.25) is 0 Å². The molecule has 0 fully saturated rings. The number of carbonyl (C=O) groups is 1. The average molecular weight is 230 g/mol. The van der Waals surface area contributed by atoms with Crippen molar-refractivity contribution in [2.75, 3.05) is 5.43 Å². The fraction of sp³-hybridized carbons (Fsp3) is 0. The number of hydrazine groups is 1. The van der Waals surface area contributed by atoms with Gasteiger partial charge in [0.1, 0.15) is 5.82 Å². The summed E-state index contributed by atoms with van der Waals surface area (Å²) >= 11 is 0. The van der Waals surface area contributed by atoms with Gasteiger partial charge in [0.15, 0.2) is 0 Å². The van der Waals surface area contributed by atoms with Gasteiger partial charge in [-0.3, -0.25) is 15.6 Å². The minimum Gasteiger partial charge on any atom is -0.298 e. The molecule has 0 radical (unpaired) electrons. The van der Waals surface area contributed by atoms with Gasteiger partial charge in [-0.05, 0) is 36.4 Å². The van der Waals surface area contributed by atoms with Crippen LogP contribution in [0.15, 0.2) is 54.6 Å². The zero-order valence-electron chi connectivity index (χ0n) is 8.98. The first kappa shape index (κ1) is 11.1. The van der Waals surface area contributed by atoms with E-state index in [-0.39, 0.29) is 11.7 Å². The number of para-hydroxylation sites is 1. The number of rotatable bonds is 3. The molecule has 0 aliphatic heterocycles. The Morgan fingerprint density at radius 1 is 0.941 bits per heavy atom. The monoisotopic (exact) mass is 230 g/mol. The van der Waals surface area contributed by atoms with Crippen LogP contribution in [-0.4, -0.2) is 5.91 Å². The van der Waals surface area contributed by atoms with Crippen LogP contribution in [0, 0.1) is 5.82 Å². The Morgan fingerprint density at radius 2 is 1.59 bits per heavy atom. The molecule has 0 unspecified atom stereocenters. The van der Waals surface area contributed by atoms with Crippen molar-refractivity contribution >= 4 is 11.6 Å². The summed E-state index contributed by atoms with van der Waals surface area (Å²) in [7, 11) is 0. The van der Waals surface area contributed by atoms with Crippen LogP contribution in [0.1, 0.15) is 10.4 Å². The van der Waals surface area contributed by atoms with Crippen molar-refractivity contribution in [3.63, 3.8) is 0 Å². The molecule has 86 valence electrons. The molecule has 0 aliphatic carbocycles. The fourth-order valence-corrected chi connectivity index (χ4v) is 1.32. The van der Waals surface area contributed by atoms with E-state index in [9.17, 15) is 9.18 Å². The fourth-order valence-electron chi connectivity index (χ4n) is 1.32. The Morgan fingerprint density at radius 3 is 2.24 bits per heavy atom. The van der Waals surface area contributed by atoms with Crippen LogP contribution < -0.4 is 10.9 Å². The molecule has 3 nitrogen and oxygen atoms in total. The number of benzene rings is 2.